The molecule has 0 bridgehead atoms. The van der Waals surface area contributed by atoms with Crippen LogP contribution < -0.4 is 5.32 Å². The van der Waals surface area contributed by atoms with E-state index < -0.39 is 0 Å². The van der Waals surface area contributed by atoms with Crippen LogP contribution in [0.2, 0.25) is 0 Å². The zero-order valence-electron chi connectivity index (χ0n) is 14.9. The molecule has 0 unspecified atom stereocenters. The van der Waals surface area contributed by atoms with Crippen LogP contribution in [-0.4, -0.2) is 29.0 Å². The van der Waals surface area contributed by atoms with Gasteiger partial charge in [-0.1, -0.05) is 36.4 Å². The quantitative estimate of drug-likeness (QED) is 0.770. The summed E-state index contributed by atoms with van der Waals surface area (Å²) < 4.78 is 5.89. The molecule has 4 rings (SSSR count). The van der Waals surface area contributed by atoms with Crippen molar-refractivity contribution in [3.05, 3.63) is 65.5 Å². The molecule has 0 radical (unpaired) electrons. The largest absolute Gasteiger partial charge is 0.440 e. The van der Waals surface area contributed by atoms with Gasteiger partial charge in [0.1, 0.15) is 5.52 Å². The average molecular weight is 349 g/mol. The second-order valence-corrected chi connectivity index (χ2v) is 6.87. The van der Waals surface area contributed by atoms with Crippen molar-refractivity contribution in [1.82, 2.24) is 15.2 Å². The number of benzene rings is 2. The van der Waals surface area contributed by atoms with E-state index >= 15 is 0 Å². The van der Waals surface area contributed by atoms with Crippen LogP contribution in [-0.2, 0) is 6.54 Å². The van der Waals surface area contributed by atoms with Crippen LogP contribution in [0.15, 0.2) is 52.9 Å². The van der Waals surface area contributed by atoms with Gasteiger partial charge in [-0.25, -0.2) is 9.78 Å². The first-order valence-electron chi connectivity index (χ1n) is 9.13. The van der Waals surface area contributed by atoms with Gasteiger partial charge in [-0.15, -0.1) is 0 Å². The number of likely N-dealkylation sites (tertiary alicyclic amines) is 1. The van der Waals surface area contributed by atoms with E-state index in [9.17, 15) is 4.79 Å². The number of hydrogen-bond acceptors (Lipinski definition) is 3. The molecule has 26 heavy (non-hydrogen) atoms. The highest BCUT2D eigenvalue weighted by Crippen LogP contribution is 2.29. The SMILES string of the molecule is Cc1ccccc1CNC(=O)N1CCC(c2nc3ccccc3o2)CC1. The van der Waals surface area contributed by atoms with Crippen molar-refractivity contribution in [2.24, 2.45) is 0 Å². The van der Waals surface area contributed by atoms with E-state index in [1.54, 1.807) is 0 Å². The average Bonchev–Trinajstić information content (AvgIpc) is 3.11. The predicted molar refractivity (Wildman–Crippen MR) is 101 cm³/mol. The molecule has 1 aliphatic rings. The number of piperidine rings is 1. The Bertz CT molecular complexity index is 877. The van der Waals surface area contributed by atoms with Crippen LogP contribution >= 0.6 is 0 Å². The maximum Gasteiger partial charge on any atom is 0.317 e. The molecule has 1 fully saturated rings. The highest BCUT2D eigenvalue weighted by Gasteiger charge is 2.26. The molecular formula is C21H23N3O2. The molecule has 1 saturated heterocycles. The highest BCUT2D eigenvalue weighted by atomic mass is 16.3. The maximum atomic E-state index is 12.4. The van der Waals surface area contributed by atoms with Gasteiger partial charge >= 0.3 is 6.03 Å². The van der Waals surface area contributed by atoms with E-state index in [1.807, 2.05) is 41.3 Å². The van der Waals surface area contributed by atoms with Crippen LogP contribution in [0.1, 0.15) is 35.8 Å². The number of hydrogen-bond donors (Lipinski definition) is 1. The van der Waals surface area contributed by atoms with Gasteiger partial charge in [-0.05, 0) is 43.0 Å². The maximum absolute atomic E-state index is 12.4. The Morgan fingerprint density at radius 3 is 2.65 bits per heavy atom. The first kappa shape index (κ1) is 16.6. The zero-order chi connectivity index (χ0) is 17.9. The van der Waals surface area contributed by atoms with Gasteiger partial charge in [0, 0.05) is 25.6 Å². The van der Waals surface area contributed by atoms with E-state index in [2.05, 4.69) is 29.4 Å². The monoisotopic (exact) mass is 349 g/mol. The summed E-state index contributed by atoms with van der Waals surface area (Å²) in [6, 6.07) is 16.0. The van der Waals surface area contributed by atoms with E-state index in [1.165, 1.54) is 5.56 Å². The first-order chi connectivity index (χ1) is 12.7. The van der Waals surface area contributed by atoms with Crippen molar-refractivity contribution >= 4 is 17.1 Å². The number of carbonyl (C=O) groups excluding carboxylic acids is 1. The number of nitrogens with zero attached hydrogens (tertiary/aromatic N) is 2. The molecule has 2 heterocycles. The van der Waals surface area contributed by atoms with Gasteiger partial charge in [-0.3, -0.25) is 0 Å². The van der Waals surface area contributed by atoms with Gasteiger partial charge < -0.3 is 14.6 Å². The van der Waals surface area contributed by atoms with Gasteiger partial charge in [0.2, 0.25) is 0 Å². The van der Waals surface area contributed by atoms with Crippen molar-refractivity contribution in [2.45, 2.75) is 32.2 Å². The minimum atomic E-state index is 0.00395. The Hall–Kier alpha value is -2.82. The molecule has 5 nitrogen and oxygen atoms in total. The third kappa shape index (κ3) is 3.43. The number of carbonyl (C=O) groups is 1. The van der Waals surface area contributed by atoms with Crippen LogP contribution in [0.3, 0.4) is 0 Å². The van der Waals surface area contributed by atoms with Gasteiger partial charge in [0.25, 0.3) is 0 Å². The molecule has 1 aliphatic heterocycles. The second kappa shape index (κ2) is 7.20. The fourth-order valence-electron chi connectivity index (χ4n) is 3.49. The van der Waals surface area contributed by atoms with Crippen LogP contribution in [0.25, 0.3) is 11.1 Å². The fraction of sp³-hybridized carbons (Fsp3) is 0.333. The number of rotatable bonds is 3. The fourth-order valence-corrected chi connectivity index (χ4v) is 3.49. The van der Waals surface area contributed by atoms with E-state index in [0.29, 0.717) is 6.54 Å². The summed E-state index contributed by atoms with van der Waals surface area (Å²) in [5.74, 6) is 1.08. The normalized spacial score (nSPS) is 15.3. The molecule has 1 aromatic heterocycles. The minimum absolute atomic E-state index is 0.00395. The van der Waals surface area contributed by atoms with Crippen LogP contribution in [0.4, 0.5) is 4.79 Å². The van der Waals surface area contributed by atoms with Crippen molar-refractivity contribution in [3.8, 4) is 0 Å². The molecule has 3 aromatic rings. The molecule has 134 valence electrons. The Morgan fingerprint density at radius 2 is 1.88 bits per heavy atom. The lowest BCUT2D eigenvalue weighted by Gasteiger charge is -2.30. The van der Waals surface area contributed by atoms with Crippen LogP contribution in [0.5, 0.6) is 0 Å². The molecule has 0 atom stereocenters. The Morgan fingerprint density at radius 1 is 1.15 bits per heavy atom. The van der Waals surface area contributed by atoms with Crippen molar-refractivity contribution in [3.63, 3.8) is 0 Å². The molecule has 0 aliphatic carbocycles. The summed E-state index contributed by atoms with van der Waals surface area (Å²) in [5, 5.41) is 3.03. The summed E-state index contributed by atoms with van der Waals surface area (Å²) in [4.78, 5) is 18.9. The number of aromatic nitrogens is 1. The van der Waals surface area contributed by atoms with Crippen molar-refractivity contribution in [2.75, 3.05) is 13.1 Å². The number of fused-ring (bicyclic) bond motifs is 1. The molecule has 5 heteroatoms. The smallest absolute Gasteiger partial charge is 0.317 e. The molecule has 2 aromatic carbocycles. The van der Waals surface area contributed by atoms with Gasteiger partial charge in [0.05, 0.1) is 0 Å². The van der Waals surface area contributed by atoms with E-state index in [-0.39, 0.29) is 11.9 Å². The van der Waals surface area contributed by atoms with Gasteiger partial charge in [-0.2, -0.15) is 0 Å². The summed E-state index contributed by atoms with van der Waals surface area (Å²) >= 11 is 0. The van der Waals surface area contributed by atoms with Crippen LogP contribution in [0, 0.1) is 6.92 Å². The molecule has 1 N–H and O–H groups in total. The number of nitrogens with one attached hydrogen (secondary N) is 1. The lowest BCUT2D eigenvalue weighted by Crippen LogP contribution is -2.43. The van der Waals surface area contributed by atoms with Gasteiger partial charge in [0.15, 0.2) is 11.5 Å². The number of amides is 2. The Labute approximate surface area is 153 Å². The summed E-state index contributed by atoms with van der Waals surface area (Å²) in [7, 11) is 0. The standard InChI is InChI=1S/C21H23N3O2/c1-15-6-2-3-7-17(15)14-22-21(25)24-12-10-16(11-13-24)20-23-18-8-4-5-9-19(18)26-20/h2-9,16H,10-14H2,1H3,(H,22,25). The first-order valence-corrected chi connectivity index (χ1v) is 9.13. The van der Waals surface area contributed by atoms with Crippen molar-refractivity contribution in [1.29, 1.82) is 0 Å². The minimum Gasteiger partial charge on any atom is -0.440 e. The second-order valence-electron chi connectivity index (χ2n) is 6.87. The molecular weight excluding hydrogens is 326 g/mol. The number of aryl methyl sites for hydroxylation is 1. The topological polar surface area (TPSA) is 58.4 Å². The zero-order valence-corrected chi connectivity index (χ0v) is 14.9. The lowest BCUT2D eigenvalue weighted by atomic mass is 9.97. The number of urea groups is 1. The third-order valence-corrected chi connectivity index (χ3v) is 5.13. The Balaban J connectivity index is 1.33. The summed E-state index contributed by atoms with van der Waals surface area (Å²) in [5.41, 5.74) is 4.09. The lowest BCUT2D eigenvalue weighted by molar-refractivity contribution is 0.177. The summed E-state index contributed by atoms with van der Waals surface area (Å²) in [6.45, 7) is 4.08. The predicted octanol–water partition coefficient (Wildman–Crippen LogP) is 4.23. The Kier molecular flexibility index (Phi) is 4.61. The van der Waals surface area contributed by atoms with E-state index in [0.717, 1.165) is 48.5 Å². The number of oxazole rings is 1. The number of para-hydroxylation sites is 2. The summed E-state index contributed by atoms with van der Waals surface area (Å²) in [6.07, 6.45) is 1.76. The van der Waals surface area contributed by atoms with E-state index in [4.69, 9.17) is 4.42 Å². The molecule has 0 spiro atoms. The molecule has 2 amide bonds. The molecule has 0 saturated carbocycles. The van der Waals surface area contributed by atoms with Crippen molar-refractivity contribution < 1.29 is 9.21 Å². The highest BCUT2D eigenvalue weighted by molar-refractivity contribution is 5.74. The third-order valence-electron chi connectivity index (χ3n) is 5.13.